The first kappa shape index (κ1) is 20.6. The summed E-state index contributed by atoms with van der Waals surface area (Å²) >= 11 is 11.7. The van der Waals surface area contributed by atoms with Crippen molar-refractivity contribution in [3.8, 4) is 0 Å². The highest BCUT2D eigenvalue weighted by Crippen LogP contribution is 2.18. The van der Waals surface area contributed by atoms with Gasteiger partial charge in [0.1, 0.15) is 0 Å². The van der Waals surface area contributed by atoms with Gasteiger partial charge < -0.3 is 9.80 Å². The SMILES string of the molecule is CN(C(=O)CCCc1ccc(N(CCCl)CCCl)cc1)c1ccccc1. The Morgan fingerprint density at radius 3 is 2.08 bits per heavy atom. The fourth-order valence-corrected chi connectivity index (χ4v) is 3.26. The Morgan fingerprint density at radius 1 is 0.885 bits per heavy atom. The van der Waals surface area contributed by atoms with Crippen molar-refractivity contribution in [1.29, 1.82) is 0 Å². The number of aryl methyl sites for hydroxylation is 1. The standard InChI is InChI=1S/C21H26Cl2N2O/c1-24(19-7-3-2-4-8-19)21(26)9-5-6-18-10-12-20(13-11-18)25(16-14-22)17-15-23/h2-4,7-8,10-13H,5-6,9,14-17H2,1H3. The first-order valence-corrected chi connectivity index (χ1v) is 10.00. The molecule has 0 aromatic heterocycles. The summed E-state index contributed by atoms with van der Waals surface area (Å²) in [6.07, 6.45) is 2.26. The average Bonchev–Trinajstić information content (AvgIpc) is 2.68. The molecule has 0 aliphatic heterocycles. The molecule has 0 saturated heterocycles. The van der Waals surface area contributed by atoms with Crippen molar-refractivity contribution < 1.29 is 4.79 Å². The molecule has 0 bridgehead atoms. The Bertz CT molecular complexity index is 655. The number of rotatable bonds is 10. The van der Waals surface area contributed by atoms with Crippen molar-refractivity contribution >= 4 is 40.5 Å². The van der Waals surface area contributed by atoms with Crippen LogP contribution < -0.4 is 9.80 Å². The molecule has 2 aromatic rings. The molecule has 0 aliphatic carbocycles. The molecule has 3 nitrogen and oxygen atoms in total. The predicted molar refractivity (Wildman–Crippen MR) is 113 cm³/mol. The fraction of sp³-hybridized carbons (Fsp3) is 0.381. The Kier molecular flexibility index (Phi) is 8.79. The van der Waals surface area contributed by atoms with Crippen LogP contribution in [0.1, 0.15) is 18.4 Å². The summed E-state index contributed by atoms with van der Waals surface area (Å²) in [4.78, 5) is 16.2. The zero-order valence-corrected chi connectivity index (χ0v) is 16.7. The lowest BCUT2D eigenvalue weighted by Crippen LogP contribution is -2.27. The maximum atomic E-state index is 12.3. The number of halogens is 2. The lowest BCUT2D eigenvalue weighted by molar-refractivity contribution is -0.118. The first-order valence-electron chi connectivity index (χ1n) is 8.93. The number of nitrogens with zero attached hydrogens (tertiary/aromatic N) is 2. The molecule has 0 atom stereocenters. The van der Waals surface area contributed by atoms with Gasteiger partial charge in [0.15, 0.2) is 0 Å². The second-order valence-electron chi connectivity index (χ2n) is 6.17. The fourth-order valence-electron chi connectivity index (χ4n) is 2.85. The van der Waals surface area contributed by atoms with E-state index in [1.54, 1.807) is 4.90 Å². The van der Waals surface area contributed by atoms with Gasteiger partial charge in [0, 0.05) is 49.7 Å². The molecule has 0 N–H and O–H groups in total. The number of carbonyl (C=O) groups is 1. The van der Waals surface area contributed by atoms with Crippen molar-refractivity contribution in [2.24, 2.45) is 0 Å². The van der Waals surface area contributed by atoms with Crippen LogP contribution in [-0.4, -0.2) is 37.8 Å². The van der Waals surface area contributed by atoms with Crippen LogP contribution in [0.4, 0.5) is 11.4 Å². The van der Waals surface area contributed by atoms with Gasteiger partial charge in [0.05, 0.1) is 0 Å². The maximum absolute atomic E-state index is 12.3. The van der Waals surface area contributed by atoms with Crippen molar-refractivity contribution in [1.82, 2.24) is 0 Å². The van der Waals surface area contributed by atoms with Gasteiger partial charge in [-0.25, -0.2) is 0 Å². The lowest BCUT2D eigenvalue weighted by atomic mass is 10.1. The van der Waals surface area contributed by atoms with E-state index in [9.17, 15) is 4.79 Å². The summed E-state index contributed by atoms with van der Waals surface area (Å²) < 4.78 is 0. The van der Waals surface area contributed by atoms with Gasteiger partial charge in [-0.2, -0.15) is 0 Å². The zero-order valence-electron chi connectivity index (χ0n) is 15.2. The van der Waals surface area contributed by atoms with Gasteiger partial charge in [0.25, 0.3) is 0 Å². The number of carbonyl (C=O) groups excluding carboxylic acids is 1. The number of alkyl halides is 2. The molecule has 2 rings (SSSR count). The maximum Gasteiger partial charge on any atom is 0.226 e. The van der Waals surface area contributed by atoms with Gasteiger partial charge in [-0.1, -0.05) is 30.3 Å². The molecule has 0 fully saturated rings. The molecular weight excluding hydrogens is 367 g/mol. The summed E-state index contributed by atoms with van der Waals surface area (Å²) in [5.74, 6) is 1.30. The summed E-state index contributed by atoms with van der Waals surface area (Å²) in [5.41, 5.74) is 3.30. The summed E-state index contributed by atoms with van der Waals surface area (Å²) in [6.45, 7) is 1.57. The van der Waals surface area contributed by atoms with Crippen LogP contribution in [0.2, 0.25) is 0 Å². The number of hydrogen-bond acceptors (Lipinski definition) is 2. The molecule has 0 saturated carbocycles. The number of para-hydroxylation sites is 1. The topological polar surface area (TPSA) is 23.6 Å². The number of amides is 1. The Balaban J connectivity index is 1.83. The monoisotopic (exact) mass is 392 g/mol. The van der Waals surface area contributed by atoms with Gasteiger partial charge in [-0.15, -0.1) is 23.2 Å². The quantitative estimate of drug-likeness (QED) is 0.533. The highest BCUT2D eigenvalue weighted by atomic mass is 35.5. The molecule has 2 aromatic carbocycles. The smallest absolute Gasteiger partial charge is 0.226 e. The number of hydrogen-bond donors (Lipinski definition) is 0. The van der Waals surface area contributed by atoms with Gasteiger partial charge in [-0.3, -0.25) is 4.79 Å². The van der Waals surface area contributed by atoms with Gasteiger partial charge >= 0.3 is 0 Å². The first-order chi connectivity index (χ1) is 12.7. The minimum atomic E-state index is 0.142. The van der Waals surface area contributed by atoms with E-state index in [2.05, 4.69) is 29.2 Å². The van der Waals surface area contributed by atoms with Crippen molar-refractivity contribution in [3.05, 3.63) is 60.2 Å². The van der Waals surface area contributed by atoms with Crippen LogP contribution in [0.3, 0.4) is 0 Å². The van der Waals surface area contributed by atoms with E-state index in [-0.39, 0.29) is 5.91 Å². The molecule has 0 unspecified atom stereocenters. The molecule has 1 amide bonds. The highest BCUT2D eigenvalue weighted by Gasteiger charge is 2.10. The molecule has 140 valence electrons. The lowest BCUT2D eigenvalue weighted by Gasteiger charge is -2.23. The Labute approximate surface area is 166 Å². The van der Waals surface area contributed by atoms with E-state index < -0.39 is 0 Å². The third-order valence-electron chi connectivity index (χ3n) is 4.38. The predicted octanol–water partition coefficient (Wildman–Crippen LogP) is 4.96. The normalized spacial score (nSPS) is 10.6. The van der Waals surface area contributed by atoms with E-state index in [1.807, 2.05) is 37.4 Å². The van der Waals surface area contributed by atoms with Crippen LogP contribution in [-0.2, 0) is 11.2 Å². The van der Waals surface area contributed by atoms with E-state index in [0.717, 1.165) is 37.3 Å². The third-order valence-corrected chi connectivity index (χ3v) is 4.72. The van der Waals surface area contributed by atoms with Gasteiger partial charge in [0.2, 0.25) is 5.91 Å². The summed E-state index contributed by atoms with van der Waals surface area (Å²) in [6, 6.07) is 18.2. The van der Waals surface area contributed by atoms with E-state index in [0.29, 0.717) is 18.2 Å². The minimum absolute atomic E-state index is 0.142. The zero-order chi connectivity index (χ0) is 18.8. The van der Waals surface area contributed by atoms with Crippen molar-refractivity contribution in [2.75, 3.05) is 41.7 Å². The molecular formula is C21H26Cl2N2O. The van der Waals surface area contributed by atoms with Crippen LogP contribution in [0.5, 0.6) is 0 Å². The van der Waals surface area contributed by atoms with Crippen LogP contribution in [0, 0.1) is 0 Å². The largest absolute Gasteiger partial charge is 0.369 e. The molecule has 26 heavy (non-hydrogen) atoms. The van der Waals surface area contributed by atoms with Crippen LogP contribution in [0.25, 0.3) is 0 Å². The highest BCUT2D eigenvalue weighted by molar-refractivity contribution is 6.18. The second kappa shape index (κ2) is 11.1. The molecule has 0 aliphatic rings. The summed E-state index contributed by atoms with van der Waals surface area (Å²) in [5, 5.41) is 0. The van der Waals surface area contributed by atoms with E-state index in [4.69, 9.17) is 23.2 Å². The third kappa shape index (κ3) is 6.22. The number of benzene rings is 2. The second-order valence-corrected chi connectivity index (χ2v) is 6.93. The minimum Gasteiger partial charge on any atom is -0.369 e. The van der Waals surface area contributed by atoms with E-state index >= 15 is 0 Å². The number of anilines is 2. The average molecular weight is 393 g/mol. The van der Waals surface area contributed by atoms with Crippen molar-refractivity contribution in [3.63, 3.8) is 0 Å². The Morgan fingerprint density at radius 2 is 1.50 bits per heavy atom. The van der Waals surface area contributed by atoms with Crippen molar-refractivity contribution in [2.45, 2.75) is 19.3 Å². The summed E-state index contributed by atoms with van der Waals surface area (Å²) in [7, 11) is 1.83. The Hall–Kier alpha value is -1.71. The van der Waals surface area contributed by atoms with E-state index in [1.165, 1.54) is 5.56 Å². The van der Waals surface area contributed by atoms with Gasteiger partial charge in [-0.05, 0) is 42.7 Å². The molecule has 5 heteroatoms. The molecule has 0 heterocycles. The van der Waals surface area contributed by atoms with Crippen LogP contribution >= 0.6 is 23.2 Å². The van der Waals surface area contributed by atoms with Crippen LogP contribution in [0.15, 0.2) is 54.6 Å². The molecule has 0 spiro atoms. The molecule has 0 radical (unpaired) electrons.